The molecule has 2 unspecified atom stereocenters. The van der Waals surface area contributed by atoms with Gasteiger partial charge in [-0.3, -0.25) is 0 Å². The molecule has 1 saturated heterocycles. The van der Waals surface area contributed by atoms with Gasteiger partial charge in [0.1, 0.15) is 0 Å². The molecular formula is C17H34N2. The average Bonchev–Trinajstić information content (AvgIpc) is 2.80. The predicted molar refractivity (Wildman–Crippen MR) is 83.6 cm³/mol. The number of nitrogens with zero attached hydrogens (tertiary/aromatic N) is 1. The summed E-state index contributed by atoms with van der Waals surface area (Å²) in [5, 5.41) is 3.84. The van der Waals surface area contributed by atoms with Gasteiger partial charge in [-0.2, -0.15) is 0 Å². The van der Waals surface area contributed by atoms with Gasteiger partial charge in [-0.25, -0.2) is 0 Å². The summed E-state index contributed by atoms with van der Waals surface area (Å²) < 4.78 is 0. The van der Waals surface area contributed by atoms with Crippen molar-refractivity contribution < 1.29 is 0 Å². The highest BCUT2D eigenvalue weighted by Crippen LogP contribution is 2.25. The van der Waals surface area contributed by atoms with Gasteiger partial charge in [0.2, 0.25) is 0 Å². The van der Waals surface area contributed by atoms with Crippen LogP contribution in [0.15, 0.2) is 0 Å². The highest BCUT2D eigenvalue weighted by atomic mass is 15.1. The maximum Gasteiger partial charge on any atom is 0.0107 e. The summed E-state index contributed by atoms with van der Waals surface area (Å²) in [6.45, 7) is 7.57. The highest BCUT2D eigenvalue weighted by molar-refractivity contribution is 4.82. The number of nitrogens with one attached hydrogen (secondary N) is 1. The summed E-state index contributed by atoms with van der Waals surface area (Å²) in [6, 6.07) is 0.797. The molecule has 1 aliphatic heterocycles. The highest BCUT2D eigenvalue weighted by Gasteiger charge is 2.25. The van der Waals surface area contributed by atoms with Gasteiger partial charge < -0.3 is 10.2 Å². The lowest BCUT2D eigenvalue weighted by Gasteiger charge is -2.31. The molecule has 1 aliphatic carbocycles. The third-order valence-corrected chi connectivity index (χ3v) is 5.01. The molecule has 2 fully saturated rings. The summed E-state index contributed by atoms with van der Waals surface area (Å²) in [5.74, 6) is 0.909. The molecule has 2 nitrogen and oxygen atoms in total. The molecule has 0 spiro atoms. The Balaban J connectivity index is 1.84. The molecule has 0 amide bonds. The van der Waals surface area contributed by atoms with Crippen molar-refractivity contribution in [3.05, 3.63) is 0 Å². The maximum absolute atomic E-state index is 3.84. The van der Waals surface area contributed by atoms with Gasteiger partial charge in [-0.1, -0.05) is 39.0 Å². The summed E-state index contributed by atoms with van der Waals surface area (Å²) in [7, 11) is 0. The lowest BCUT2D eigenvalue weighted by molar-refractivity contribution is 0.199. The first kappa shape index (κ1) is 15.3. The quantitative estimate of drug-likeness (QED) is 0.761. The molecule has 0 aromatic heterocycles. The molecule has 19 heavy (non-hydrogen) atoms. The Kier molecular flexibility index (Phi) is 7.23. The lowest BCUT2D eigenvalue weighted by atomic mass is 9.93. The zero-order valence-corrected chi connectivity index (χ0v) is 13.0. The van der Waals surface area contributed by atoms with E-state index in [-0.39, 0.29) is 0 Å². The Morgan fingerprint density at radius 2 is 1.58 bits per heavy atom. The molecule has 0 radical (unpaired) electrons. The van der Waals surface area contributed by atoms with Crippen molar-refractivity contribution in [2.24, 2.45) is 5.92 Å². The number of hydrogen-bond donors (Lipinski definition) is 1. The molecule has 1 N–H and O–H groups in total. The lowest BCUT2D eigenvalue weighted by Crippen LogP contribution is -2.42. The minimum atomic E-state index is 0.797. The SMILES string of the molecule is CCCNC1CCCCCC1CN1CCCCCC1. The fourth-order valence-corrected chi connectivity index (χ4v) is 3.85. The fraction of sp³-hybridized carbons (Fsp3) is 1.00. The molecular weight excluding hydrogens is 232 g/mol. The van der Waals surface area contributed by atoms with E-state index in [1.54, 1.807) is 0 Å². The second kappa shape index (κ2) is 8.97. The van der Waals surface area contributed by atoms with E-state index in [9.17, 15) is 0 Å². The molecule has 0 aromatic carbocycles. The number of hydrogen-bond acceptors (Lipinski definition) is 2. The van der Waals surface area contributed by atoms with Crippen LogP contribution in [0.5, 0.6) is 0 Å². The minimum absolute atomic E-state index is 0.797. The summed E-state index contributed by atoms with van der Waals surface area (Å²) in [4.78, 5) is 2.77. The number of rotatable bonds is 5. The van der Waals surface area contributed by atoms with Crippen LogP contribution in [0.3, 0.4) is 0 Å². The van der Waals surface area contributed by atoms with Crippen LogP contribution in [-0.4, -0.2) is 37.1 Å². The van der Waals surface area contributed by atoms with Crippen molar-refractivity contribution in [2.75, 3.05) is 26.2 Å². The van der Waals surface area contributed by atoms with Crippen LogP contribution in [-0.2, 0) is 0 Å². The van der Waals surface area contributed by atoms with Crippen molar-refractivity contribution >= 4 is 0 Å². The zero-order valence-electron chi connectivity index (χ0n) is 13.0. The van der Waals surface area contributed by atoms with Crippen LogP contribution in [0.1, 0.15) is 71.1 Å². The van der Waals surface area contributed by atoms with E-state index in [1.807, 2.05) is 0 Å². The second-order valence-electron chi connectivity index (χ2n) is 6.67. The van der Waals surface area contributed by atoms with Crippen LogP contribution in [0.25, 0.3) is 0 Å². The third kappa shape index (κ3) is 5.43. The van der Waals surface area contributed by atoms with E-state index in [0.717, 1.165) is 12.0 Å². The van der Waals surface area contributed by atoms with E-state index in [0.29, 0.717) is 0 Å². The molecule has 2 aliphatic rings. The van der Waals surface area contributed by atoms with E-state index < -0.39 is 0 Å². The fourth-order valence-electron chi connectivity index (χ4n) is 3.85. The Morgan fingerprint density at radius 3 is 2.32 bits per heavy atom. The molecule has 112 valence electrons. The van der Waals surface area contributed by atoms with Crippen LogP contribution in [0.4, 0.5) is 0 Å². The molecule has 0 aromatic rings. The van der Waals surface area contributed by atoms with Gasteiger partial charge in [-0.15, -0.1) is 0 Å². The summed E-state index contributed by atoms with van der Waals surface area (Å²) >= 11 is 0. The monoisotopic (exact) mass is 266 g/mol. The molecule has 0 bridgehead atoms. The Hall–Kier alpha value is -0.0800. The van der Waals surface area contributed by atoms with Crippen molar-refractivity contribution in [1.82, 2.24) is 10.2 Å². The smallest absolute Gasteiger partial charge is 0.0107 e. The summed E-state index contributed by atoms with van der Waals surface area (Å²) in [5.41, 5.74) is 0. The van der Waals surface area contributed by atoms with Gasteiger partial charge in [-0.05, 0) is 57.7 Å². The first-order chi connectivity index (χ1) is 9.40. The molecule has 1 heterocycles. The van der Waals surface area contributed by atoms with Gasteiger partial charge in [0.15, 0.2) is 0 Å². The van der Waals surface area contributed by atoms with E-state index in [1.165, 1.54) is 90.4 Å². The predicted octanol–water partition coefficient (Wildman–Crippen LogP) is 3.81. The van der Waals surface area contributed by atoms with Gasteiger partial charge in [0.25, 0.3) is 0 Å². The third-order valence-electron chi connectivity index (χ3n) is 5.01. The topological polar surface area (TPSA) is 15.3 Å². The van der Waals surface area contributed by atoms with Crippen molar-refractivity contribution in [1.29, 1.82) is 0 Å². The Labute approximate surface area is 120 Å². The zero-order chi connectivity index (χ0) is 13.3. The van der Waals surface area contributed by atoms with Crippen molar-refractivity contribution in [2.45, 2.75) is 77.2 Å². The van der Waals surface area contributed by atoms with Crippen LogP contribution < -0.4 is 5.32 Å². The molecule has 2 heteroatoms. The van der Waals surface area contributed by atoms with Crippen LogP contribution in [0.2, 0.25) is 0 Å². The van der Waals surface area contributed by atoms with Crippen molar-refractivity contribution in [3.63, 3.8) is 0 Å². The normalized spacial score (nSPS) is 30.8. The standard InChI is InChI=1S/C17H34N2/c1-2-12-18-17-11-7-5-6-10-16(17)15-19-13-8-3-4-9-14-19/h16-18H,2-15H2,1H3. The van der Waals surface area contributed by atoms with Gasteiger partial charge >= 0.3 is 0 Å². The first-order valence-corrected chi connectivity index (χ1v) is 8.86. The number of likely N-dealkylation sites (tertiary alicyclic amines) is 1. The molecule has 2 rings (SSSR count). The molecule has 1 saturated carbocycles. The van der Waals surface area contributed by atoms with E-state index >= 15 is 0 Å². The summed E-state index contributed by atoms with van der Waals surface area (Å²) in [6.07, 6.45) is 14.3. The van der Waals surface area contributed by atoms with Gasteiger partial charge in [0.05, 0.1) is 0 Å². The first-order valence-electron chi connectivity index (χ1n) is 8.86. The molecule has 2 atom stereocenters. The van der Waals surface area contributed by atoms with Crippen molar-refractivity contribution in [3.8, 4) is 0 Å². The average molecular weight is 266 g/mol. The van der Waals surface area contributed by atoms with E-state index in [4.69, 9.17) is 0 Å². The maximum atomic E-state index is 3.84. The van der Waals surface area contributed by atoms with Crippen LogP contribution in [0, 0.1) is 5.92 Å². The van der Waals surface area contributed by atoms with Gasteiger partial charge in [0, 0.05) is 12.6 Å². The minimum Gasteiger partial charge on any atom is -0.314 e. The second-order valence-corrected chi connectivity index (χ2v) is 6.67. The van der Waals surface area contributed by atoms with Crippen LogP contribution >= 0.6 is 0 Å². The Bertz CT molecular complexity index is 221. The largest absolute Gasteiger partial charge is 0.314 e. The van der Waals surface area contributed by atoms with E-state index in [2.05, 4.69) is 17.1 Å². The Morgan fingerprint density at radius 1 is 0.895 bits per heavy atom.